The summed E-state index contributed by atoms with van der Waals surface area (Å²) in [7, 11) is 6.84. The molecule has 0 aliphatic carbocycles. The molecule has 5 heteroatoms. The lowest BCUT2D eigenvalue weighted by molar-refractivity contribution is -0.0826. The summed E-state index contributed by atoms with van der Waals surface area (Å²) in [5.41, 5.74) is 0. The van der Waals surface area contributed by atoms with E-state index in [2.05, 4.69) is 0 Å². The van der Waals surface area contributed by atoms with Crippen LogP contribution in [0.2, 0.25) is 0 Å². The molecule has 0 aliphatic heterocycles. The molecule has 0 rings (SSSR count). The fourth-order valence-electron chi connectivity index (χ4n) is 0.760. The molecule has 0 spiro atoms. The third kappa shape index (κ3) is 5.23. The van der Waals surface area contributed by atoms with Gasteiger partial charge >= 0.3 is 0 Å². The zero-order valence-corrected chi connectivity index (χ0v) is 8.24. The lowest BCUT2D eigenvalue weighted by Crippen LogP contribution is -2.37. The highest BCUT2D eigenvalue weighted by Crippen LogP contribution is 2.08. The lowest BCUT2D eigenvalue weighted by Gasteiger charge is -2.24. The molecular formula is C8H16BFO3. The van der Waals surface area contributed by atoms with E-state index in [0.29, 0.717) is 0 Å². The van der Waals surface area contributed by atoms with E-state index in [4.69, 9.17) is 22.4 Å². The van der Waals surface area contributed by atoms with E-state index in [0.717, 1.165) is 0 Å². The largest absolute Gasteiger partial charge is 0.392 e. The Morgan fingerprint density at radius 2 is 2.00 bits per heavy atom. The van der Waals surface area contributed by atoms with Gasteiger partial charge < -0.3 is 14.6 Å². The summed E-state index contributed by atoms with van der Waals surface area (Å²) in [6, 6.07) is -0.877. The van der Waals surface area contributed by atoms with Crippen LogP contribution in [0.1, 0.15) is 13.8 Å². The average molecular weight is 190 g/mol. The van der Waals surface area contributed by atoms with Gasteiger partial charge in [-0.25, -0.2) is 4.39 Å². The van der Waals surface area contributed by atoms with E-state index >= 15 is 0 Å². The fraction of sp³-hybridized carbons (Fsp3) is 1.00. The van der Waals surface area contributed by atoms with E-state index in [9.17, 15) is 4.39 Å². The van der Waals surface area contributed by atoms with Gasteiger partial charge in [-0.2, -0.15) is 0 Å². The molecule has 0 aliphatic rings. The van der Waals surface area contributed by atoms with Gasteiger partial charge in [-0.3, -0.25) is 0 Å². The van der Waals surface area contributed by atoms with Crippen LogP contribution in [0.15, 0.2) is 0 Å². The van der Waals surface area contributed by atoms with Crippen LogP contribution >= 0.6 is 0 Å². The maximum absolute atomic E-state index is 12.8. The van der Waals surface area contributed by atoms with Crippen molar-refractivity contribution in [3.63, 3.8) is 0 Å². The summed E-state index contributed by atoms with van der Waals surface area (Å²) in [4.78, 5) is 0. The molecule has 76 valence electrons. The van der Waals surface area contributed by atoms with E-state index < -0.39 is 24.4 Å². The molecular weight excluding hydrogens is 174 g/mol. The van der Waals surface area contributed by atoms with Gasteiger partial charge in [-0.1, -0.05) is 0 Å². The van der Waals surface area contributed by atoms with Gasteiger partial charge in [0, 0.05) is 13.1 Å². The highest BCUT2D eigenvalue weighted by molar-refractivity contribution is 6.11. The summed E-state index contributed by atoms with van der Waals surface area (Å²) >= 11 is 0. The first-order valence-electron chi connectivity index (χ1n) is 4.21. The minimum Gasteiger partial charge on any atom is -0.392 e. The van der Waals surface area contributed by atoms with Gasteiger partial charge in [-0.15, -0.1) is 0 Å². The number of aliphatic hydroxyl groups excluding tert-OH is 1. The normalized spacial score (nSPS) is 20.7. The van der Waals surface area contributed by atoms with Crippen molar-refractivity contribution in [2.75, 3.05) is 13.7 Å². The monoisotopic (exact) mass is 190 g/mol. The number of aliphatic hydroxyl groups is 1. The predicted octanol–water partition coefficient (Wildman–Crippen LogP) is 0.251. The number of rotatable bonds is 6. The topological polar surface area (TPSA) is 38.7 Å². The van der Waals surface area contributed by atoms with Gasteiger partial charge in [0.2, 0.25) is 0 Å². The lowest BCUT2D eigenvalue weighted by atomic mass is 9.95. The Labute approximate surface area is 79.6 Å². The van der Waals surface area contributed by atoms with Gasteiger partial charge in [0.1, 0.15) is 20.1 Å². The highest BCUT2D eigenvalue weighted by Gasteiger charge is 2.21. The van der Waals surface area contributed by atoms with Crippen LogP contribution in [0.4, 0.5) is 4.39 Å². The Morgan fingerprint density at radius 1 is 1.46 bits per heavy atom. The molecule has 0 aromatic heterocycles. The van der Waals surface area contributed by atoms with Crippen molar-refractivity contribution < 1.29 is 19.0 Å². The molecule has 0 heterocycles. The summed E-state index contributed by atoms with van der Waals surface area (Å²) < 4.78 is 22.6. The van der Waals surface area contributed by atoms with E-state index in [1.165, 1.54) is 21.0 Å². The number of methoxy groups -OCH3 is 1. The molecule has 0 saturated heterocycles. The molecule has 1 N–H and O–H groups in total. The van der Waals surface area contributed by atoms with Crippen molar-refractivity contribution in [3.8, 4) is 0 Å². The molecule has 3 nitrogen and oxygen atoms in total. The number of halogens is 1. The third-order valence-electron chi connectivity index (χ3n) is 1.65. The molecule has 0 fully saturated rings. The van der Waals surface area contributed by atoms with Crippen molar-refractivity contribution in [2.24, 2.45) is 0 Å². The second kappa shape index (κ2) is 6.35. The van der Waals surface area contributed by atoms with Crippen LogP contribution in [0, 0.1) is 0 Å². The second-order valence-electron chi connectivity index (χ2n) is 3.01. The van der Waals surface area contributed by atoms with E-state index in [1.807, 2.05) is 0 Å². The molecule has 4 atom stereocenters. The fourth-order valence-corrected chi connectivity index (χ4v) is 0.760. The van der Waals surface area contributed by atoms with Crippen LogP contribution in [0.25, 0.3) is 0 Å². The van der Waals surface area contributed by atoms with Crippen LogP contribution in [0.5, 0.6) is 0 Å². The Bertz CT molecular complexity index is 133. The number of alkyl halides is 1. The van der Waals surface area contributed by atoms with Crippen LogP contribution in [0.3, 0.4) is 0 Å². The SMILES string of the molecule is [B]C(O[C@H](COC)[C@H](C)F)[C@@H](C)O. The van der Waals surface area contributed by atoms with E-state index in [-0.39, 0.29) is 6.61 Å². The maximum Gasteiger partial charge on any atom is 0.126 e. The van der Waals surface area contributed by atoms with Crippen molar-refractivity contribution in [1.29, 1.82) is 0 Å². The Hall–Kier alpha value is -0.125. The predicted molar refractivity (Wildman–Crippen MR) is 48.5 cm³/mol. The Morgan fingerprint density at radius 3 is 2.31 bits per heavy atom. The number of hydrogen-bond donors (Lipinski definition) is 1. The number of hydrogen-bond acceptors (Lipinski definition) is 3. The molecule has 1 unspecified atom stereocenters. The maximum atomic E-state index is 12.8. The minimum absolute atomic E-state index is 0.123. The van der Waals surface area contributed by atoms with Gasteiger partial charge in [0.05, 0.1) is 12.7 Å². The smallest absolute Gasteiger partial charge is 0.126 e. The first-order chi connectivity index (χ1) is 5.99. The Kier molecular flexibility index (Phi) is 6.29. The minimum atomic E-state index is -1.18. The highest BCUT2D eigenvalue weighted by atomic mass is 19.1. The van der Waals surface area contributed by atoms with Crippen LogP contribution in [-0.4, -0.2) is 51.1 Å². The molecule has 0 amide bonds. The zero-order valence-electron chi connectivity index (χ0n) is 8.24. The molecule has 0 aromatic carbocycles. The molecule has 0 aromatic rings. The van der Waals surface area contributed by atoms with E-state index in [1.54, 1.807) is 0 Å². The first-order valence-corrected chi connectivity index (χ1v) is 4.21. The second-order valence-corrected chi connectivity index (χ2v) is 3.01. The molecule has 0 saturated carbocycles. The van der Waals surface area contributed by atoms with Crippen molar-refractivity contribution in [1.82, 2.24) is 0 Å². The van der Waals surface area contributed by atoms with Crippen molar-refractivity contribution >= 4 is 7.85 Å². The van der Waals surface area contributed by atoms with Crippen LogP contribution in [-0.2, 0) is 9.47 Å². The quantitative estimate of drug-likeness (QED) is 0.610. The first kappa shape index (κ1) is 12.9. The summed E-state index contributed by atoms with van der Waals surface area (Å²) in [5.74, 6) is 0. The third-order valence-corrected chi connectivity index (χ3v) is 1.65. The van der Waals surface area contributed by atoms with Crippen molar-refractivity contribution in [2.45, 2.75) is 38.2 Å². The zero-order chi connectivity index (χ0) is 10.4. The van der Waals surface area contributed by atoms with Gasteiger partial charge in [0.15, 0.2) is 0 Å². The van der Waals surface area contributed by atoms with Gasteiger partial charge in [-0.05, 0) is 13.8 Å². The molecule has 0 bridgehead atoms. The summed E-state index contributed by atoms with van der Waals surface area (Å²) in [6.07, 6.45) is -2.72. The Balaban J connectivity index is 3.94. The van der Waals surface area contributed by atoms with Crippen LogP contribution < -0.4 is 0 Å². The van der Waals surface area contributed by atoms with Gasteiger partial charge in [0.25, 0.3) is 0 Å². The summed E-state index contributed by atoms with van der Waals surface area (Å²) in [5, 5.41) is 9.01. The standard InChI is InChI=1S/C8H16BFO3/c1-5(10)7(4-12-3)13-8(9)6(2)11/h5-8,11H,4H2,1-3H3/t5-,6+,7+,8?/m0/s1. The molecule has 2 radical (unpaired) electrons. The summed E-state index contributed by atoms with van der Waals surface area (Å²) in [6.45, 7) is 2.97. The molecule has 13 heavy (non-hydrogen) atoms. The average Bonchev–Trinajstić information content (AvgIpc) is 2.03. The number of ether oxygens (including phenoxy) is 2. The van der Waals surface area contributed by atoms with Crippen molar-refractivity contribution in [3.05, 3.63) is 0 Å².